The summed E-state index contributed by atoms with van der Waals surface area (Å²) in [6.45, 7) is 4.16. The number of likely N-dealkylation sites (tertiary alicyclic amines) is 1. The zero-order chi connectivity index (χ0) is 15.7. The van der Waals surface area contributed by atoms with Crippen LogP contribution in [0.25, 0.3) is 17.2 Å². The summed E-state index contributed by atoms with van der Waals surface area (Å²) in [4.78, 5) is 18.4. The van der Waals surface area contributed by atoms with Crippen LogP contribution in [0.4, 0.5) is 0 Å². The number of para-hydroxylation sites is 2. The van der Waals surface area contributed by atoms with Crippen LogP contribution in [-0.2, 0) is 4.79 Å². The first-order valence-electron chi connectivity index (χ1n) is 7.52. The fourth-order valence-electron chi connectivity index (χ4n) is 2.96. The topological polar surface area (TPSA) is 66.6 Å². The molecule has 1 amide bonds. The minimum Gasteiger partial charge on any atom is -0.437 e. The predicted molar refractivity (Wildman–Crippen MR) is 84.1 cm³/mol. The molecule has 1 unspecified atom stereocenters. The summed E-state index contributed by atoms with van der Waals surface area (Å²) in [7, 11) is 0. The molecule has 1 aliphatic rings. The summed E-state index contributed by atoms with van der Waals surface area (Å²) in [5.74, 6) is 0.292. The van der Waals surface area contributed by atoms with Crippen molar-refractivity contribution in [3.8, 4) is 0 Å². The van der Waals surface area contributed by atoms with Crippen LogP contribution >= 0.6 is 0 Å². The Hall–Kier alpha value is -2.14. The molecular formula is C17H20N2O3. The Balaban J connectivity index is 1.75. The van der Waals surface area contributed by atoms with E-state index >= 15 is 0 Å². The largest absolute Gasteiger partial charge is 0.437 e. The first kappa shape index (κ1) is 14.8. The third-order valence-corrected chi connectivity index (χ3v) is 4.03. The lowest BCUT2D eigenvalue weighted by molar-refractivity contribution is -0.131. The lowest BCUT2D eigenvalue weighted by atomic mass is 9.96. The second-order valence-corrected chi connectivity index (χ2v) is 6.20. The van der Waals surface area contributed by atoms with Gasteiger partial charge in [-0.25, -0.2) is 4.98 Å². The molecule has 1 aromatic carbocycles. The van der Waals surface area contributed by atoms with Gasteiger partial charge in [-0.05, 0) is 38.8 Å². The highest BCUT2D eigenvalue weighted by Crippen LogP contribution is 2.27. The molecule has 5 nitrogen and oxygen atoms in total. The molecular weight excluding hydrogens is 280 g/mol. The zero-order valence-corrected chi connectivity index (χ0v) is 12.8. The van der Waals surface area contributed by atoms with E-state index in [9.17, 15) is 9.90 Å². The van der Waals surface area contributed by atoms with E-state index in [4.69, 9.17) is 4.42 Å². The molecule has 3 rings (SSSR count). The molecule has 1 aliphatic heterocycles. The zero-order valence-electron chi connectivity index (χ0n) is 12.8. The van der Waals surface area contributed by atoms with Crippen molar-refractivity contribution in [1.82, 2.24) is 9.88 Å². The molecule has 5 heteroatoms. The average Bonchev–Trinajstić information content (AvgIpc) is 3.10. The summed E-state index contributed by atoms with van der Waals surface area (Å²) in [5, 5.41) is 10.2. The SMILES string of the molecule is CC(C)(O)C1CCCN1C(=O)/C=C/c1nc2ccccc2o1. The molecule has 0 radical (unpaired) electrons. The van der Waals surface area contributed by atoms with E-state index in [-0.39, 0.29) is 11.9 Å². The number of aromatic nitrogens is 1. The van der Waals surface area contributed by atoms with E-state index in [1.807, 2.05) is 24.3 Å². The number of carbonyl (C=O) groups is 1. The van der Waals surface area contributed by atoms with Gasteiger partial charge in [-0.1, -0.05) is 12.1 Å². The van der Waals surface area contributed by atoms with E-state index in [1.165, 1.54) is 6.08 Å². The number of carbonyl (C=O) groups excluding carboxylic acids is 1. The van der Waals surface area contributed by atoms with Gasteiger partial charge in [0.15, 0.2) is 5.58 Å². The van der Waals surface area contributed by atoms with E-state index in [2.05, 4.69) is 4.98 Å². The van der Waals surface area contributed by atoms with E-state index in [0.29, 0.717) is 18.0 Å². The maximum Gasteiger partial charge on any atom is 0.247 e. The number of rotatable bonds is 3. The Morgan fingerprint density at radius 1 is 1.45 bits per heavy atom. The van der Waals surface area contributed by atoms with Gasteiger partial charge < -0.3 is 14.4 Å². The number of aliphatic hydroxyl groups is 1. The third kappa shape index (κ3) is 2.90. The van der Waals surface area contributed by atoms with Gasteiger partial charge >= 0.3 is 0 Å². The highest BCUT2D eigenvalue weighted by atomic mass is 16.3. The highest BCUT2D eigenvalue weighted by molar-refractivity contribution is 5.92. The number of nitrogens with zero attached hydrogens (tertiary/aromatic N) is 2. The molecule has 0 spiro atoms. The van der Waals surface area contributed by atoms with Crippen LogP contribution < -0.4 is 0 Å². The van der Waals surface area contributed by atoms with Crippen molar-refractivity contribution >= 4 is 23.1 Å². The lowest BCUT2D eigenvalue weighted by Gasteiger charge is -2.33. The van der Waals surface area contributed by atoms with E-state index < -0.39 is 5.60 Å². The van der Waals surface area contributed by atoms with Crippen molar-refractivity contribution in [2.24, 2.45) is 0 Å². The summed E-state index contributed by atoms with van der Waals surface area (Å²) in [5.41, 5.74) is 0.577. The van der Waals surface area contributed by atoms with Crippen molar-refractivity contribution in [3.63, 3.8) is 0 Å². The third-order valence-electron chi connectivity index (χ3n) is 4.03. The maximum absolute atomic E-state index is 12.3. The van der Waals surface area contributed by atoms with Crippen molar-refractivity contribution < 1.29 is 14.3 Å². The Labute approximate surface area is 129 Å². The molecule has 1 atom stereocenters. The number of fused-ring (bicyclic) bond motifs is 1. The molecule has 2 heterocycles. The van der Waals surface area contributed by atoms with E-state index in [1.54, 1.807) is 24.8 Å². The Kier molecular flexibility index (Phi) is 3.74. The molecule has 1 N–H and O–H groups in total. The molecule has 22 heavy (non-hydrogen) atoms. The van der Waals surface area contributed by atoms with Gasteiger partial charge in [-0.3, -0.25) is 4.79 Å². The summed E-state index contributed by atoms with van der Waals surface area (Å²) < 4.78 is 5.56. The second kappa shape index (κ2) is 5.57. The number of oxazole rings is 1. The minimum absolute atomic E-state index is 0.119. The molecule has 0 aliphatic carbocycles. The van der Waals surface area contributed by atoms with Crippen molar-refractivity contribution in [3.05, 3.63) is 36.2 Å². The smallest absolute Gasteiger partial charge is 0.247 e. The number of benzene rings is 1. The van der Waals surface area contributed by atoms with Gasteiger partial charge in [0.2, 0.25) is 11.8 Å². The van der Waals surface area contributed by atoms with Crippen LogP contribution in [0.5, 0.6) is 0 Å². The Morgan fingerprint density at radius 2 is 2.23 bits per heavy atom. The molecule has 116 valence electrons. The molecule has 1 saturated heterocycles. The molecule has 0 saturated carbocycles. The van der Waals surface area contributed by atoms with Gasteiger partial charge in [-0.2, -0.15) is 0 Å². The van der Waals surface area contributed by atoms with Gasteiger partial charge in [-0.15, -0.1) is 0 Å². The van der Waals surface area contributed by atoms with Gasteiger partial charge in [0.05, 0.1) is 11.6 Å². The minimum atomic E-state index is -0.891. The van der Waals surface area contributed by atoms with Crippen LogP contribution in [-0.4, -0.2) is 39.1 Å². The Morgan fingerprint density at radius 3 is 2.95 bits per heavy atom. The van der Waals surface area contributed by atoms with Gasteiger partial charge in [0.1, 0.15) is 5.52 Å². The van der Waals surface area contributed by atoms with Crippen LogP contribution in [0.1, 0.15) is 32.6 Å². The standard InChI is InChI=1S/C17H20N2O3/c1-17(2,21)14-8-5-11-19(14)16(20)10-9-15-18-12-6-3-4-7-13(12)22-15/h3-4,6-7,9-10,14,21H,5,8,11H2,1-2H3/b10-9+. The number of hydrogen-bond donors (Lipinski definition) is 1. The molecule has 1 fully saturated rings. The average molecular weight is 300 g/mol. The molecule has 0 bridgehead atoms. The summed E-state index contributed by atoms with van der Waals surface area (Å²) in [6, 6.07) is 7.33. The van der Waals surface area contributed by atoms with Crippen LogP contribution in [0.2, 0.25) is 0 Å². The van der Waals surface area contributed by atoms with Crippen molar-refractivity contribution in [2.75, 3.05) is 6.54 Å². The second-order valence-electron chi connectivity index (χ2n) is 6.20. The van der Waals surface area contributed by atoms with E-state index in [0.717, 1.165) is 18.4 Å². The van der Waals surface area contributed by atoms with Crippen molar-refractivity contribution in [1.29, 1.82) is 0 Å². The fraction of sp³-hybridized carbons (Fsp3) is 0.412. The first-order valence-corrected chi connectivity index (χ1v) is 7.52. The fourth-order valence-corrected chi connectivity index (χ4v) is 2.96. The highest BCUT2D eigenvalue weighted by Gasteiger charge is 2.37. The quantitative estimate of drug-likeness (QED) is 0.885. The predicted octanol–water partition coefficient (Wildman–Crippen LogP) is 2.60. The lowest BCUT2D eigenvalue weighted by Crippen LogP contribution is -2.47. The van der Waals surface area contributed by atoms with Crippen LogP contribution in [0, 0.1) is 0 Å². The van der Waals surface area contributed by atoms with Crippen LogP contribution in [0.3, 0.4) is 0 Å². The molecule has 1 aromatic heterocycles. The summed E-state index contributed by atoms with van der Waals surface area (Å²) in [6.07, 6.45) is 4.79. The normalized spacial score (nSPS) is 19.4. The van der Waals surface area contributed by atoms with Crippen molar-refractivity contribution in [2.45, 2.75) is 38.3 Å². The molecule has 2 aromatic rings. The summed E-state index contributed by atoms with van der Waals surface area (Å²) >= 11 is 0. The monoisotopic (exact) mass is 300 g/mol. The van der Waals surface area contributed by atoms with Gasteiger partial charge in [0.25, 0.3) is 0 Å². The maximum atomic E-state index is 12.3. The number of amides is 1. The van der Waals surface area contributed by atoms with Crippen LogP contribution in [0.15, 0.2) is 34.8 Å². The van der Waals surface area contributed by atoms with Gasteiger partial charge in [0, 0.05) is 18.7 Å². The Bertz CT molecular complexity index is 679. The first-order chi connectivity index (χ1) is 10.4. The number of hydrogen-bond acceptors (Lipinski definition) is 4.